The summed E-state index contributed by atoms with van der Waals surface area (Å²) in [5, 5.41) is 0. The van der Waals surface area contributed by atoms with E-state index in [-0.39, 0.29) is 50.4 Å². The molecule has 0 aliphatic rings. The smallest absolute Gasteiger partial charge is 0.306 e. The summed E-state index contributed by atoms with van der Waals surface area (Å²) in [6.07, 6.45) is 54.1. The van der Waals surface area contributed by atoms with Gasteiger partial charge in [-0.1, -0.05) is 157 Å². The van der Waals surface area contributed by atoms with Crippen LogP contribution in [-0.2, 0) is 28.6 Å². The van der Waals surface area contributed by atoms with Crippen LogP contribution in [0.4, 0.5) is 0 Å². The van der Waals surface area contributed by atoms with E-state index in [1.807, 2.05) is 12.2 Å². The molecule has 0 spiro atoms. The van der Waals surface area contributed by atoms with Crippen molar-refractivity contribution in [1.82, 2.24) is 0 Å². The van der Waals surface area contributed by atoms with Gasteiger partial charge in [-0.2, -0.15) is 0 Å². The molecule has 1 atom stereocenters. The Morgan fingerprint density at radius 2 is 0.852 bits per heavy atom. The van der Waals surface area contributed by atoms with Crippen LogP contribution in [0.1, 0.15) is 168 Å². The Kier molecular flexibility index (Phi) is 39.2. The Morgan fingerprint density at radius 3 is 1.43 bits per heavy atom. The molecule has 0 amide bonds. The molecule has 304 valence electrons. The zero-order chi connectivity index (χ0) is 39.4. The second-order valence-corrected chi connectivity index (χ2v) is 13.5. The molecule has 0 radical (unpaired) electrons. The van der Waals surface area contributed by atoms with Gasteiger partial charge in [0, 0.05) is 19.3 Å². The summed E-state index contributed by atoms with van der Waals surface area (Å²) < 4.78 is 16.5. The van der Waals surface area contributed by atoms with Crippen LogP contribution in [0.15, 0.2) is 97.2 Å². The summed E-state index contributed by atoms with van der Waals surface area (Å²) in [7, 11) is 0. The summed E-state index contributed by atoms with van der Waals surface area (Å²) in [6, 6.07) is 0. The number of hydrogen-bond donors (Lipinski definition) is 0. The van der Waals surface area contributed by atoms with Gasteiger partial charge in [-0.3, -0.25) is 14.4 Å². The standard InChI is InChI=1S/C48H76O6/c1-4-7-10-13-16-19-21-22-23-24-25-27-29-32-35-38-41-47(50)53-44-45(43-52-46(49)40-37-34-31-28-18-15-12-9-6-3)54-48(51)42-39-36-33-30-26-20-17-14-11-8-5-2/h7,10,14,16-17,19-20,22-23,25-28,31-32,35,45H,4-6,8-9,11-13,15,18,21,24,29-30,33-34,36-44H2,1-3H3/b10-7-,17-14-,19-16-,23-22-,26-20-,27-25-,31-28-,35-32-. The molecule has 0 N–H and O–H groups in total. The molecule has 0 heterocycles. The minimum absolute atomic E-state index is 0.129. The van der Waals surface area contributed by atoms with Gasteiger partial charge in [0.1, 0.15) is 13.2 Å². The maximum atomic E-state index is 12.6. The number of carbonyl (C=O) groups excluding carboxylic acids is 3. The van der Waals surface area contributed by atoms with E-state index in [1.54, 1.807) is 0 Å². The maximum Gasteiger partial charge on any atom is 0.306 e. The van der Waals surface area contributed by atoms with Crippen LogP contribution in [0, 0.1) is 0 Å². The van der Waals surface area contributed by atoms with Crippen molar-refractivity contribution in [2.45, 2.75) is 175 Å². The highest BCUT2D eigenvalue weighted by atomic mass is 16.6. The van der Waals surface area contributed by atoms with Gasteiger partial charge in [-0.05, 0) is 89.9 Å². The van der Waals surface area contributed by atoms with E-state index in [2.05, 4.69) is 106 Å². The van der Waals surface area contributed by atoms with Crippen molar-refractivity contribution in [2.75, 3.05) is 13.2 Å². The van der Waals surface area contributed by atoms with Gasteiger partial charge >= 0.3 is 17.9 Å². The molecule has 0 rings (SSSR count). The third-order valence-corrected chi connectivity index (χ3v) is 8.33. The number of rotatable bonds is 36. The van der Waals surface area contributed by atoms with Crippen molar-refractivity contribution in [2.24, 2.45) is 0 Å². The van der Waals surface area contributed by atoms with Crippen molar-refractivity contribution in [1.29, 1.82) is 0 Å². The summed E-state index contributed by atoms with van der Waals surface area (Å²) >= 11 is 0. The molecule has 0 saturated carbocycles. The lowest BCUT2D eigenvalue weighted by molar-refractivity contribution is -0.166. The third kappa shape index (κ3) is 39.5. The van der Waals surface area contributed by atoms with Gasteiger partial charge in [-0.25, -0.2) is 0 Å². The van der Waals surface area contributed by atoms with Gasteiger partial charge < -0.3 is 14.2 Å². The minimum Gasteiger partial charge on any atom is -0.462 e. The lowest BCUT2D eigenvalue weighted by atomic mass is 10.1. The highest BCUT2D eigenvalue weighted by molar-refractivity contribution is 5.71. The summed E-state index contributed by atoms with van der Waals surface area (Å²) in [6.45, 7) is 6.27. The van der Waals surface area contributed by atoms with E-state index in [0.29, 0.717) is 19.3 Å². The van der Waals surface area contributed by atoms with Crippen molar-refractivity contribution < 1.29 is 28.6 Å². The minimum atomic E-state index is -0.829. The first kappa shape index (κ1) is 50.3. The molecular weight excluding hydrogens is 673 g/mol. The summed E-state index contributed by atoms with van der Waals surface area (Å²) in [4.78, 5) is 37.5. The Balaban J connectivity index is 4.57. The van der Waals surface area contributed by atoms with E-state index < -0.39 is 6.10 Å². The molecular formula is C48H76O6. The molecule has 1 unspecified atom stereocenters. The quantitative estimate of drug-likeness (QED) is 0.0209. The van der Waals surface area contributed by atoms with E-state index in [4.69, 9.17) is 14.2 Å². The van der Waals surface area contributed by atoms with E-state index in [9.17, 15) is 14.4 Å². The maximum absolute atomic E-state index is 12.6. The molecule has 0 aliphatic carbocycles. The Hall–Kier alpha value is -3.67. The van der Waals surface area contributed by atoms with E-state index in [1.165, 1.54) is 38.5 Å². The first-order chi connectivity index (χ1) is 26.5. The van der Waals surface area contributed by atoms with Crippen molar-refractivity contribution >= 4 is 17.9 Å². The Bertz CT molecular complexity index is 1140. The first-order valence-corrected chi connectivity index (χ1v) is 21.3. The topological polar surface area (TPSA) is 78.9 Å². The molecule has 0 bridgehead atoms. The predicted molar refractivity (Wildman–Crippen MR) is 228 cm³/mol. The fraction of sp³-hybridized carbons (Fsp3) is 0.604. The normalized spacial score (nSPS) is 13.0. The van der Waals surface area contributed by atoms with Crippen LogP contribution < -0.4 is 0 Å². The van der Waals surface area contributed by atoms with Crippen molar-refractivity contribution in [3.05, 3.63) is 97.2 Å². The predicted octanol–water partition coefficient (Wildman–Crippen LogP) is 13.5. The van der Waals surface area contributed by atoms with Gasteiger partial charge in [0.2, 0.25) is 0 Å². The zero-order valence-corrected chi connectivity index (χ0v) is 34.4. The highest BCUT2D eigenvalue weighted by Gasteiger charge is 2.19. The van der Waals surface area contributed by atoms with Gasteiger partial charge in [-0.15, -0.1) is 0 Å². The number of ether oxygens (including phenoxy) is 3. The van der Waals surface area contributed by atoms with Gasteiger partial charge in [0.05, 0.1) is 0 Å². The average molecular weight is 749 g/mol. The molecule has 0 aromatic heterocycles. The fourth-order valence-electron chi connectivity index (χ4n) is 5.12. The largest absolute Gasteiger partial charge is 0.462 e. The number of carbonyl (C=O) groups is 3. The van der Waals surface area contributed by atoms with Crippen LogP contribution in [0.5, 0.6) is 0 Å². The number of unbranched alkanes of at least 4 members (excludes halogenated alkanes) is 10. The number of hydrogen-bond acceptors (Lipinski definition) is 6. The lowest BCUT2D eigenvalue weighted by Crippen LogP contribution is -2.30. The lowest BCUT2D eigenvalue weighted by Gasteiger charge is -2.18. The van der Waals surface area contributed by atoms with Gasteiger partial charge in [0.15, 0.2) is 6.10 Å². The van der Waals surface area contributed by atoms with Crippen LogP contribution in [0.2, 0.25) is 0 Å². The second-order valence-electron chi connectivity index (χ2n) is 13.5. The van der Waals surface area contributed by atoms with Crippen molar-refractivity contribution in [3.8, 4) is 0 Å². The molecule has 54 heavy (non-hydrogen) atoms. The van der Waals surface area contributed by atoms with Crippen LogP contribution in [0.25, 0.3) is 0 Å². The summed E-state index contributed by atoms with van der Waals surface area (Å²) in [5.74, 6) is -1.09. The average Bonchev–Trinajstić information content (AvgIpc) is 3.17. The number of esters is 3. The molecule has 0 aromatic rings. The second kappa shape index (κ2) is 42.1. The zero-order valence-electron chi connectivity index (χ0n) is 34.4. The summed E-state index contributed by atoms with van der Waals surface area (Å²) in [5.41, 5.74) is 0. The van der Waals surface area contributed by atoms with E-state index >= 15 is 0 Å². The molecule has 6 heteroatoms. The monoisotopic (exact) mass is 749 g/mol. The Morgan fingerprint density at radius 1 is 0.407 bits per heavy atom. The van der Waals surface area contributed by atoms with Gasteiger partial charge in [0.25, 0.3) is 0 Å². The number of allylic oxidation sites excluding steroid dienone is 16. The Labute approximate surface area is 330 Å². The molecule has 6 nitrogen and oxygen atoms in total. The third-order valence-electron chi connectivity index (χ3n) is 8.33. The fourth-order valence-corrected chi connectivity index (χ4v) is 5.12. The van der Waals surface area contributed by atoms with Crippen LogP contribution in [-0.4, -0.2) is 37.2 Å². The molecule has 0 fully saturated rings. The SMILES string of the molecule is CC/C=C\C/C=C\C/C=C\C/C=C\C/C=C\CCC(=O)OCC(COC(=O)CCC/C=C\CCCCCC)OC(=O)CCCCC/C=C\C=C/CCCC. The highest BCUT2D eigenvalue weighted by Crippen LogP contribution is 2.10. The van der Waals surface area contributed by atoms with Crippen molar-refractivity contribution in [3.63, 3.8) is 0 Å². The molecule has 0 aliphatic heterocycles. The van der Waals surface area contributed by atoms with Crippen LogP contribution in [0.3, 0.4) is 0 Å². The first-order valence-electron chi connectivity index (χ1n) is 21.3. The molecule has 0 aromatic carbocycles. The van der Waals surface area contributed by atoms with E-state index in [0.717, 1.165) is 70.6 Å². The van der Waals surface area contributed by atoms with Crippen LogP contribution >= 0.6 is 0 Å². The molecule has 0 saturated heterocycles.